The molecule has 0 aliphatic rings. The van der Waals surface area contributed by atoms with E-state index in [9.17, 15) is 9.18 Å². The summed E-state index contributed by atoms with van der Waals surface area (Å²) >= 11 is 0. The van der Waals surface area contributed by atoms with Gasteiger partial charge in [-0.3, -0.25) is 4.79 Å². The minimum atomic E-state index is -0.372. The maximum Gasteiger partial charge on any atom is 0.220 e. The van der Waals surface area contributed by atoms with Gasteiger partial charge in [-0.25, -0.2) is 9.37 Å². The van der Waals surface area contributed by atoms with E-state index < -0.39 is 0 Å². The van der Waals surface area contributed by atoms with Gasteiger partial charge in [-0.15, -0.1) is 24.8 Å². The lowest BCUT2D eigenvalue weighted by atomic mass is 9.99. The van der Waals surface area contributed by atoms with Gasteiger partial charge in [0, 0.05) is 25.4 Å². The van der Waals surface area contributed by atoms with E-state index >= 15 is 0 Å². The van der Waals surface area contributed by atoms with Gasteiger partial charge in [-0.2, -0.15) is 0 Å². The minimum Gasteiger partial charge on any atom is -0.441 e. The van der Waals surface area contributed by atoms with Crippen molar-refractivity contribution in [2.24, 2.45) is 5.73 Å². The van der Waals surface area contributed by atoms with Crippen LogP contribution in [-0.2, 0) is 11.2 Å². The number of nitrogens with zero attached hydrogens (tertiary/aromatic N) is 1. The summed E-state index contributed by atoms with van der Waals surface area (Å²) in [6.07, 6.45) is 2.03. The SMILES string of the molecule is CC(C)c1ccc(C(N)CNC(=O)CCc2ncc(-c3ccccc3F)o2)cc1.Cl.Cl. The molecule has 0 saturated carbocycles. The second-order valence-corrected chi connectivity index (χ2v) is 7.33. The molecule has 0 aliphatic carbocycles. The van der Waals surface area contributed by atoms with Crippen molar-refractivity contribution in [1.82, 2.24) is 10.3 Å². The first-order chi connectivity index (χ1) is 13.9. The molecule has 8 heteroatoms. The summed E-state index contributed by atoms with van der Waals surface area (Å²) in [4.78, 5) is 16.3. The lowest BCUT2D eigenvalue weighted by molar-refractivity contribution is -0.121. The van der Waals surface area contributed by atoms with E-state index in [0.717, 1.165) is 5.56 Å². The smallest absolute Gasteiger partial charge is 0.220 e. The number of carbonyl (C=O) groups is 1. The molecule has 3 rings (SSSR count). The maximum absolute atomic E-state index is 13.8. The quantitative estimate of drug-likeness (QED) is 0.477. The van der Waals surface area contributed by atoms with Crippen molar-refractivity contribution < 1.29 is 13.6 Å². The zero-order chi connectivity index (χ0) is 20.8. The lowest BCUT2D eigenvalue weighted by Crippen LogP contribution is -2.32. The number of benzene rings is 2. The molecule has 1 amide bonds. The molecule has 0 bridgehead atoms. The third-order valence-corrected chi connectivity index (χ3v) is 4.81. The predicted octanol–water partition coefficient (Wildman–Crippen LogP) is 5.20. The third-order valence-electron chi connectivity index (χ3n) is 4.81. The Kier molecular flexibility index (Phi) is 10.7. The second-order valence-electron chi connectivity index (χ2n) is 7.33. The molecule has 168 valence electrons. The predicted molar refractivity (Wildman–Crippen MR) is 125 cm³/mol. The maximum atomic E-state index is 13.8. The van der Waals surface area contributed by atoms with Crippen LogP contribution in [0.1, 0.15) is 49.2 Å². The zero-order valence-electron chi connectivity index (χ0n) is 17.5. The molecule has 5 nitrogen and oxygen atoms in total. The van der Waals surface area contributed by atoms with E-state index in [4.69, 9.17) is 10.2 Å². The van der Waals surface area contributed by atoms with Crippen LogP contribution in [0.5, 0.6) is 0 Å². The molecule has 2 aromatic carbocycles. The van der Waals surface area contributed by atoms with E-state index in [2.05, 4.69) is 36.3 Å². The fourth-order valence-electron chi connectivity index (χ4n) is 2.99. The average molecular weight is 468 g/mol. The molecule has 1 unspecified atom stereocenters. The largest absolute Gasteiger partial charge is 0.441 e. The van der Waals surface area contributed by atoms with Gasteiger partial charge in [0.15, 0.2) is 11.7 Å². The van der Waals surface area contributed by atoms with Crippen LogP contribution < -0.4 is 11.1 Å². The average Bonchev–Trinajstić information content (AvgIpc) is 3.19. The van der Waals surface area contributed by atoms with Crippen LogP contribution in [0.4, 0.5) is 4.39 Å². The fraction of sp³-hybridized carbons (Fsp3) is 0.304. The summed E-state index contributed by atoms with van der Waals surface area (Å²) in [5.41, 5.74) is 8.77. The molecule has 3 N–H and O–H groups in total. The van der Waals surface area contributed by atoms with Crippen molar-refractivity contribution in [3.05, 3.63) is 77.6 Å². The Morgan fingerprint density at radius 1 is 1.10 bits per heavy atom. The number of aryl methyl sites for hydroxylation is 1. The van der Waals surface area contributed by atoms with Crippen LogP contribution in [0.2, 0.25) is 0 Å². The number of halogens is 3. The molecule has 0 aliphatic heterocycles. The van der Waals surface area contributed by atoms with Gasteiger partial charge in [-0.1, -0.05) is 50.2 Å². The van der Waals surface area contributed by atoms with E-state index in [1.807, 2.05) is 12.1 Å². The van der Waals surface area contributed by atoms with Gasteiger partial charge in [0.05, 0.1) is 11.8 Å². The first kappa shape index (κ1) is 26.6. The van der Waals surface area contributed by atoms with Gasteiger partial charge in [0.2, 0.25) is 5.91 Å². The Morgan fingerprint density at radius 3 is 2.39 bits per heavy atom. The molecule has 1 heterocycles. The molecular formula is C23H28Cl2FN3O2. The Morgan fingerprint density at radius 2 is 1.74 bits per heavy atom. The van der Waals surface area contributed by atoms with Crippen LogP contribution in [0.15, 0.2) is 59.1 Å². The number of aromatic nitrogens is 1. The summed E-state index contributed by atoms with van der Waals surface area (Å²) in [5, 5.41) is 2.84. The third kappa shape index (κ3) is 7.35. The Labute approximate surface area is 194 Å². The first-order valence-electron chi connectivity index (χ1n) is 9.75. The van der Waals surface area contributed by atoms with Gasteiger partial charge in [-0.05, 0) is 29.2 Å². The first-order valence-corrected chi connectivity index (χ1v) is 9.75. The molecule has 1 atom stereocenters. The summed E-state index contributed by atoms with van der Waals surface area (Å²) in [6, 6.07) is 14.2. The van der Waals surface area contributed by atoms with Crippen molar-refractivity contribution in [3.8, 4) is 11.3 Å². The number of carbonyl (C=O) groups excluding carboxylic acids is 1. The van der Waals surface area contributed by atoms with Crippen LogP contribution in [0.3, 0.4) is 0 Å². The number of oxazole rings is 1. The number of hydrogen-bond acceptors (Lipinski definition) is 4. The summed E-state index contributed by atoms with van der Waals surface area (Å²) in [6.45, 7) is 4.64. The Bertz CT molecular complexity index is 961. The summed E-state index contributed by atoms with van der Waals surface area (Å²) < 4.78 is 19.4. The minimum absolute atomic E-state index is 0. The molecule has 0 fully saturated rings. The van der Waals surface area contributed by atoms with Gasteiger partial charge < -0.3 is 15.5 Å². The van der Waals surface area contributed by atoms with Gasteiger partial charge in [0.1, 0.15) is 5.82 Å². The van der Waals surface area contributed by atoms with E-state index in [1.54, 1.807) is 18.2 Å². The number of nitrogens with one attached hydrogen (secondary N) is 1. The highest BCUT2D eigenvalue weighted by molar-refractivity contribution is 5.85. The van der Waals surface area contributed by atoms with Gasteiger partial charge >= 0.3 is 0 Å². The molecule has 1 aromatic heterocycles. The number of nitrogens with two attached hydrogens (primary N) is 1. The Hall–Kier alpha value is -2.41. The fourth-order valence-corrected chi connectivity index (χ4v) is 2.99. The van der Waals surface area contributed by atoms with Crippen molar-refractivity contribution in [2.45, 2.75) is 38.6 Å². The highest BCUT2D eigenvalue weighted by Gasteiger charge is 2.13. The van der Waals surface area contributed by atoms with Crippen LogP contribution >= 0.6 is 24.8 Å². The molecular weight excluding hydrogens is 440 g/mol. The molecule has 0 radical (unpaired) electrons. The molecule has 0 spiro atoms. The molecule has 0 saturated heterocycles. The summed E-state index contributed by atoms with van der Waals surface area (Å²) in [5.74, 6) is 0.708. The van der Waals surface area contributed by atoms with E-state index in [0.29, 0.717) is 36.1 Å². The zero-order valence-corrected chi connectivity index (χ0v) is 19.1. The normalized spacial score (nSPS) is 11.4. The van der Waals surface area contributed by atoms with Crippen LogP contribution in [-0.4, -0.2) is 17.4 Å². The van der Waals surface area contributed by atoms with Crippen molar-refractivity contribution in [3.63, 3.8) is 0 Å². The number of amides is 1. The van der Waals surface area contributed by atoms with Crippen molar-refractivity contribution in [2.75, 3.05) is 6.54 Å². The van der Waals surface area contributed by atoms with Crippen molar-refractivity contribution in [1.29, 1.82) is 0 Å². The topological polar surface area (TPSA) is 81.1 Å². The second kappa shape index (κ2) is 12.4. The lowest BCUT2D eigenvalue weighted by Gasteiger charge is -2.14. The summed E-state index contributed by atoms with van der Waals surface area (Å²) in [7, 11) is 0. The van der Waals surface area contributed by atoms with Crippen molar-refractivity contribution >= 4 is 30.7 Å². The highest BCUT2D eigenvalue weighted by Crippen LogP contribution is 2.23. The standard InChI is InChI=1S/C23H26FN3O2.2ClH/c1-15(2)16-7-9-17(10-8-16)20(25)13-26-22(28)11-12-23-27-14-21(29-23)18-5-3-4-6-19(18)24;;/h3-10,14-15,20H,11-13,25H2,1-2H3,(H,26,28);2*1H. The van der Waals surface area contributed by atoms with Crippen LogP contribution in [0.25, 0.3) is 11.3 Å². The van der Waals surface area contributed by atoms with Gasteiger partial charge in [0.25, 0.3) is 0 Å². The monoisotopic (exact) mass is 467 g/mol. The highest BCUT2D eigenvalue weighted by atomic mass is 35.5. The van der Waals surface area contributed by atoms with E-state index in [-0.39, 0.29) is 49.0 Å². The molecule has 31 heavy (non-hydrogen) atoms. The van der Waals surface area contributed by atoms with E-state index in [1.165, 1.54) is 17.8 Å². The number of hydrogen-bond donors (Lipinski definition) is 2. The molecule has 3 aromatic rings. The Balaban J connectivity index is 0.00000240. The number of rotatable bonds is 8. The van der Waals surface area contributed by atoms with Crippen LogP contribution in [0, 0.1) is 5.82 Å².